The molecule has 2 aliphatic heterocycles. The molecule has 118 valence electrons. The van der Waals surface area contributed by atoms with E-state index < -0.39 is 6.10 Å². The number of ether oxygens (including phenoxy) is 1. The number of nitrogens with one attached hydrogen (secondary N) is 1. The molecule has 1 saturated heterocycles. The molecular weight excluding hydrogens is 280 g/mol. The number of fused-ring (bicyclic) bond motifs is 3. The van der Waals surface area contributed by atoms with E-state index in [1.54, 1.807) is 0 Å². The Morgan fingerprint density at radius 1 is 1.32 bits per heavy atom. The van der Waals surface area contributed by atoms with Gasteiger partial charge < -0.3 is 19.6 Å². The van der Waals surface area contributed by atoms with Crippen LogP contribution in [-0.4, -0.2) is 58.3 Å². The summed E-state index contributed by atoms with van der Waals surface area (Å²) in [4.78, 5) is 7.03. The fourth-order valence-electron chi connectivity index (χ4n) is 3.60. The van der Waals surface area contributed by atoms with E-state index >= 15 is 0 Å². The molecule has 2 atom stereocenters. The first-order chi connectivity index (χ1) is 10.7. The average Bonchev–Trinajstić information content (AvgIpc) is 2.83. The van der Waals surface area contributed by atoms with Crippen molar-refractivity contribution < 1.29 is 9.84 Å². The van der Waals surface area contributed by atoms with Gasteiger partial charge in [-0.05, 0) is 19.9 Å². The Morgan fingerprint density at radius 2 is 2.09 bits per heavy atom. The summed E-state index contributed by atoms with van der Waals surface area (Å²) < 4.78 is 7.57. The van der Waals surface area contributed by atoms with E-state index in [4.69, 9.17) is 9.72 Å². The Bertz CT molecular complexity index is 706. The summed E-state index contributed by atoms with van der Waals surface area (Å²) in [5, 5.41) is 13.9. The molecule has 2 aromatic rings. The highest BCUT2D eigenvalue weighted by molar-refractivity contribution is 5.74. The van der Waals surface area contributed by atoms with Crippen LogP contribution in [-0.2, 0) is 4.74 Å². The van der Waals surface area contributed by atoms with Crippen molar-refractivity contribution in [3.8, 4) is 0 Å². The van der Waals surface area contributed by atoms with Gasteiger partial charge in [0.15, 0.2) is 5.65 Å². The maximum Gasteiger partial charge on any atom is 0.161 e. The van der Waals surface area contributed by atoms with Crippen LogP contribution in [0.15, 0.2) is 12.3 Å². The third kappa shape index (κ3) is 2.02. The van der Waals surface area contributed by atoms with Gasteiger partial charge >= 0.3 is 0 Å². The van der Waals surface area contributed by atoms with Crippen molar-refractivity contribution in [1.82, 2.24) is 14.3 Å². The fourth-order valence-corrected chi connectivity index (χ4v) is 3.60. The zero-order valence-corrected chi connectivity index (χ0v) is 13.0. The van der Waals surface area contributed by atoms with Gasteiger partial charge in [-0.2, -0.15) is 0 Å². The van der Waals surface area contributed by atoms with E-state index in [1.165, 1.54) is 0 Å². The summed E-state index contributed by atoms with van der Waals surface area (Å²) >= 11 is 0. The summed E-state index contributed by atoms with van der Waals surface area (Å²) in [6.45, 7) is 7.85. The maximum absolute atomic E-state index is 10.5. The summed E-state index contributed by atoms with van der Waals surface area (Å²) in [5.41, 5.74) is 5.36. The Balaban J connectivity index is 1.83. The molecule has 0 spiro atoms. The molecule has 1 fully saturated rings. The van der Waals surface area contributed by atoms with Crippen LogP contribution < -0.4 is 5.32 Å². The molecule has 4 heterocycles. The molecule has 6 heteroatoms. The number of hydrogen-bond donors (Lipinski definition) is 2. The Kier molecular flexibility index (Phi) is 3.32. The third-order valence-electron chi connectivity index (χ3n) is 4.91. The third-order valence-corrected chi connectivity index (χ3v) is 4.91. The minimum absolute atomic E-state index is 0.0162. The van der Waals surface area contributed by atoms with Gasteiger partial charge in [0.05, 0.1) is 36.7 Å². The van der Waals surface area contributed by atoms with E-state index in [0.717, 1.165) is 54.6 Å². The molecule has 0 radical (unpaired) electrons. The second kappa shape index (κ2) is 5.22. The number of aryl methyl sites for hydroxylation is 2. The molecule has 0 aliphatic carbocycles. The lowest BCUT2D eigenvalue weighted by atomic mass is 9.94. The molecule has 22 heavy (non-hydrogen) atoms. The van der Waals surface area contributed by atoms with Crippen molar-refractivity contribution in [3.63, 3.8) is 0 Å². The molecule has 0 saturated carbocycles. The number of aromatic nitrogens is 2. The topological polar surface area (TPSA) is 62.0 Å². The predicted octanol–water partition coefficient (Wildman–Crippen LogP) is 1.11. The SMILES string of the molecule is Cc1nc2c3c(ccn2c1C)[C@@H](N1CCOCC1)[C@H](O)CN3. The Hall–Kier alpha value is -1.63. The van der Waals surface area contributed by atoms with E-state index in [0.29, 0.717) is 6.54 Å². The minimum atomic E-state index is -0.412. The molecule has 2 N–H and O–H groups in total. The molecule has 2 aromatic heterocycles. The number of aliphatic hydroxyl groups excluding tert-OH is 1. The van der Waals surface area contributed by atoms with Gasteiger partial charge in [-0.1, -0.05) is 0 Å². The highest BCUT2D eigenvalue weighted by atomic mass is 16.5. The first kappa shape index (κ1) is 14.0. The van der Waals surface area contributed by atoms with Gasteiger partial charge in [-0.25, -0.2) is 4.98 Å². The molecular formula is C16H22N4O2. The van der Waals surface area contributed by atoms with Crippen molar-refractivity contribution in [2.24, 2.45) is 0 Å². The summed E-state index contributed by atoms with van der Waals surface area (Å²) in [6.07, 6.45) is 1.65. The van der Waals surface area contributed by atoms with Crippen molar-refractivity contribution in [2.45, 2.75) is 26.0 Å². The second-order valence-corrected chi connectivity index (χ2v) is 6.16. The van der Waals surface area contributed by atoms with E-state index in [2.05, 4.69) is 33.8 Å². The number of β-amino-alcohol motifs (C(OH)–C–C–N with tert-alkyl or cyclic N) is 1. The number of morpholine rings is 1. The number of imidazole rings is 1. The molecule has 4 rings (SSSR count). The number of hydrogen-bond acceptors (Lipinski definition) is 5. The van der Waals surface area contributed by atoms with Crippen LogP contribution in [0, 0.1) is 13.8 Å². The highest BCUT2D eigenvalue weighted by Crippen LogP contribution is 2.37. The standard InChI is InChI=1S/C16H22N4O2/c1-10-11(2)20-4-3-12-14(16(20)18-10)17-9-13(21)15(12)19-5-7-22-8-6-19/h3-4,13,15,17,21H,5-9H2,1-2H3/t13-,15-/m1/s1. The molecule has 2 aliphatic rings. The largest absolute Gasteiger partial charge is 0.389 e. The second-order valence-electron chi connectivity index (χ2n) is 6.16. The number of rotatable bonds is 1. The fraction of sp³-hybridized carbons (Fsp3) is 0.562. The van der Waals surface area contributed by atoms with Gasteiger partial charge in [-0.15, -0.1) is 0 Å². The van der Waals surface area contributed by atoms with Crippen LogP contribution in [0.4, 0.5) is 5.69 Å². The van der Waals surface area contributed by atoms with Gasteiger partial charge in [0, 0.05) is 37.1 Å². The lowest BCUT2D eigenvalue weighted by Crippen LogP contribution is -2.47. The van der Waals surface area contributed by atoms with Gasteiger partial charge in [0.25, 0.3) is 0 Å². The summed E-state index contributed by atoms with van der Waals surface area (Å²) in [6, 6.07) is 2.13. The first-order valence-electron chi connectivity index (χ1n) is 7.88. The maximum atomic E-state index is 10.5. The van der Waals surface area contributed by atoms with Crippen molar-refractivity contribution in [1.29, 1.82) is 0 Å². The quantitative estimate of drug-likeness (QED) is 0.826. The lowest BCUT2D eigenvalue weighted by molar-refractivity contribution is -0.0209. The highest BCUT2D eigenvalue weighted by Gasteiger charge is 2.35. The smallest absolute Gasteiger partial charge is 0.161 e. The molecule has 6 nitrogen and oxygen atoms in total. The monoisotopic (exact) mass is 302 g/mol. The Labute approximate surface area is 129 Å². The minimum Gasteiger partial charge on any atom is -0.389 e. The summed E-state index contributed by atoms with van der Waals surface area (Å²) in [5.74, 6) is 0. The van der Waals surface area contributed by atoms with Crippen molar-refractivity contribution >= 4 is 11.3 Å². The zero-order valence-electron chi connectivity index (χ0n) is 13.0. The predicted molar refractivity (Wildman–Crippen MR) is 84.3 cm³/mol. The first-order valence-corrected chi connectivity index (χ1v) is 7.88. The number of anilines is 1. The average molecular weight is 302 g/mol. The van der Waals surface area contributed by atoms with Crippen molar-refractivity contribution in [3.05, 3.63) is 29.2 Å². The van der Waals surface area contributed by atoms with Crippen LogP contribution in [0.1, 0.15) is 23.0 Å². The van der Waals surface area contributed by atoms with E-state index in [1.807, 2.05) is 6.92 Å². The lowest BCUT2D eigenvalue weighted by Gasteiger charge is -2.41. The number of pyridine rings is 1. The zero-order chi connectivity index (χ0) is 15.3. The van der Waals surface area contributed by atoms with Crippen LogP contribution in [0.5, 0.6) is 0 Å². The van der Waals surface area contributed by atoms with Crippen LogP contribution >= 0.6 is 0 Å². The Morgan fingerprint density at radius 3 is 2.86 bits per heavy atom. The molecule has 0 amide bonds. The molecule has 0 unspecified atom stereocenters. The van der Waals surface area contributed by atoms with Crippen LogP contribution in [0.25, 0.3) is 5.65 Å². The normalized spacial score (nSPS) is 26.0. The van der Waals surface area contributed by atoms with E-state index in [-0.39, 0.29) is 6.04 Å². The van der Waals surface area contributed by atoms with Crippen LogP contribution in [0.3, 0.4) is 0 Å². The van der Waals surface area contributed by atoms with Gasteiger partial charge in [-0.3, -0.25) is 4.90 Å². The van der Waals surface area contributed by atoms with Crippen molar-refractivity contribution in [2.75, 3.05) is 38.2 Å². The van der Waals surface area contributed by atoms with E-state index in [9.17, 15) is 5.11 Å². The molecule has 0 bridgehead atoms. The van der Waals surface area contributed by atoms with Gasteiger partial charge in [0.1, 0.15) is 0 Å². The molecule has 0 aromatic carbocycles. The summed E-state index contributed by atoms with van der Waals surface area (Å²) in [7, 11) is 0. The van der Waals surface area contributed by atoms with Crippen LogP contribution in [0.2, 0.25) is 0 Å². The number of nitrogens with zero attached hydrogens (tertiary/aromatic N) is 3. The number of aliphatic hydroxyl groups is 1. The van der Waals surface area contributed by atoms with Gasteiger partial charge in [0.2, 0.25) is 0 Å².